The summed E-state index contributed by atoms with van der Waals surface area (Å²) in [6.07, 6.45) is 1.50. The number of aromatic nitrogens is 4. The highest BCUT2D eigenvalue weighted by molar-refractivity contribution is 5.89. The molecule has 0 bridgehead atoms. The molecule has 1 N–H and O–H groups in total. The van der Waals surface area contributed by atoms with Crippen molar-refractivity contribution >= 4 is 34.6 Å². The van der Waals surface area contributed by atoms with Gasteiger partial charge < -0.3 is 19.9 Å². The zero-order valence-corrected chi connectivity index (χ0v) is 16.0. The van der Waals surface area contributed by atoms with Crippen LogP contribution in [-0.4, -0.2) is 63.5 Å². The lowest BCUT2D eigenvalue weighted by Crippen LogP contribution is -2.49. The number of nitrogens with one attached hydrogen (secondary N) is 1. The molecule has 3 aromatic rings. The van der Waals surface area contributed by atoms with Crippen LogP contribution in [0.1, 0.15) is 6.92 Å². The summed E-state index contributed by atoms with van der Waals surface area (Å²) in [6.45, 7) is 4.64. The van der Waals surface area contributed by atoms with Crippen molar-refractivity contribution in [2.45, 2.75) is 6.92 Å². The van der Waals surface area contributed by atoms with Gasteiger partial charge in [-0.3, -0.25) is 4.68 Å². The van der Waals surface area contributed by atoms with E-state index in [4.69, 9.17) is 14.7 Å². The number of hydrogen-bond acceptors (Lipinski definition) is 7. The third-order valence-electron chi connectivity index (χ3n) is 4.71. The van der Waals surface area contributed by atoms with E-state index in [0.29, 0.717) is 44.6 Å². The van der Waals surface area contributed by atoms with Gasteiger partial charge in [0.25, 0.3) is 0 Å². The van der Waals surface area contributed by atoms with E-state index in [-0.39, 0.29) is 6.09 Å². The molecule has 9 nitrogen and oxygen atoms in total. The summed E-state index contributed by atoms with van der Waals surface area (Å²) in [7, 11) is 1.87. The van der Waals surface area contributed by atoms with E-state index in [1.807, 2.05) is 44.3 Å². The van der Waals surface area contributed by atoms with Gasteiger partial charge in [0.2, 0.25) is 5.95 Å². The number of fused-ring (bicyclic) bond motifs is 1. The van der Waals surface area contributed by atoms with Gasteiger partial charge in [-0.2, -0.15) is 15.1 Å². The molecule has 1 saturated heterocycles. The first-order valence-electron chi connectivity index (χ1n) is 9.34. The number of carbonyl (C=O) groups is 1. The molecule has 146 valence electrons. The Kier molecular flexibility index (Phi) is 4.96. The summed E-state index contributed by atoms with van der Waals surface area (Å²) in [6, 6.07) is 9.89. The minimum atomic E-state index is -0.267. The number of ether oxygens (including phenoxy) is 1. The van der Waals surface area contributed by atoms with E-state index in [0.717, 1.165) is 16.7 Å². The molecule has 3 heterocycles. The first-order valence-corrected chi connectivity index (χ1v) is 9.34. The number of carbonyl (C=O) groups excluding carboxylic acids is 1. The highest BCUT2D eigenvalue weighted by atomic mass is 16.6. The highest BCUT2D eigenvalue weighted by Gasteiger charge is 2.24. The van der Waals surface area contributed by atoms with Crippen molar-refractivity contribution in [3.63, 3.8) is 0 Å². The van der Waals surface area contributed by atoms with Gasteiger partial charge in [0.15, 0.2) is 5.65 Å². The number of rotatable bonds is 4. The molecule has 1 aliphatic rings. The second kappa shape index (κ2) is 7.71. The molecule has 1 aromatic carbocycles. The van der Waals surface area contributed by atoms with Crippen LogP contribution in [0.4, 0.5) is 22.2 Å². The summed E-state index contributed by atoms with van der Waals surface area (Å²) in [5.41, 5.74) is 1.71. The van der Waals surface area contributed by atoms with Crippen LogP contribution in [0.3, 0.4) is 0 Å². The summed E-state index contributed by atoms with van der Waals surface area (Å²) in [5.74, 6) is 1.34. The van der Waals surface area contributed by atoms with Crippen LogP contribution in [0.25, 0.3) is 11.0 Å². The number of benzene rings is 1. The quantitative estimate of drug-likeness (QED) is 0.742. The van der Waals surface area contributed by atoms with Crippen LogP contribution in [0.5, 0.6) is 0 Å². The third-order valence-corrected chi connectivity index (χ3v) is 4.71. The SMILES string of the molecule is CCOC(=O)N1CCN(c2nc(Nc3ccccc3)c3cnn(C)c3n2)CC1. The van der Waals surface area contributed by atoms with Gasteiger partial charge in [-0.1, -0.05) is 18.2 Å². The van der Waals surface area contributed by atoms with Crippen LogP contribution >= 0.6 is 0 Å². The molecule has 0 unspecified atom stereocenters. The Morgan fingerprint density at radius 3 is 2.61 bits per heavy atom. The number of aryl methyl sites for hydroxylation is 1. The summed E-state index contributed by atoms with van der Waals surface area (Å²) < 4.78 is 6.83. The fraction of sp³-hybridized carbons (Fsp3) is 0.368. The second-order valence-corrected chi connectivity index (χ2v) is 6.54. The maximum atomic E-state index is 11.9. The van der Waals surface area contributed by atoms with Gasteiger partial charge >= 0.3 is 6.09 Å². The average Bonchev–Trinajstić information content (AvgIpc) is 3.10. The lowest BCUT2D eigenvalue weighted by Gasteiger charge is -2.34. The Bertz CT molecular complexity index is 965. The topological polar surface area (TPSA) is 88.4 Å². The standard InChI is InChI=1S/C19H23N7O2/c1-3-28-19(27)26-11-9-25(10-12-26)18-22-16(21-14-7-5-4-6-8-14)15-13-20-24(2)17(15)23-18/h4-8,13H,3,9-12H2,1-2H3,(H,21,22,23). The van der Waals surface area contributed by atoms with Crippen molar-refractivity contribution in [3.05, 3.63) is 36.5 Å². The van der Waals surface area contributed by atoms with Crippen molar-refractivity contribution in [2.24, 2.45) is 7.05 Å². The van der Waals surface area contributed by atoms with E-state index >= 15 is 0 Å². The molecule has 9 heteroatoms. The number of amides is 1. The summed E-state index contributed by atoms with van der Waals surface area (Å²) in [5, 5.41) is 8.56. The highest BCUT2D eigenvalue weighted by Crippen LogP contribution is 2.26. The van der Waals surface area contributed by atoms with Gasteiger partial charge in [-0.25, -0.2) is 4.79 Å². The van der Waals surface area contributed by atoms with Gasteiger partial charge in [0.1, 0.15) is 5.82 Å². The molecule has 0 radical (unpaired) electrons. The minimum absolute atomic E-state index is 0.267. The fourth-order valence-electron chi connectivity index (χ4n) is 3.21. The van der Waals surface area contributed by atoms with Crippen LogP contribution in [0, 0.1) is 0 Å². The van der Waals surface area contributed by atoms with Crippen molar-refractivity contribution in [1.29, 1.82) is 0 Å². The molecule has 28 heavy (non-hydrogen) atoms. The lowest BCUT2D eigenvalue weighted by molar-refractivity contribution is 0.105. The Hall–Kier alpha value is -3.36. The molecule has 1 fully saturated rings. The fourth-order valence-corrected chi connectivity index (χ4v) is 3.21. The molecule has 4 rings (SSSR count). The van der Waals surface area contributed by atoms with E-state index in [1.165, 1.54) is 0 Å². The van der Waals surface area contributed by atoms with Crippen LogP contribution < -0.4 is 10.2 Å². The average molecular weight is 381 g/mol. The van der Waals surface area contributed by atoms with Crippen LogP contribution in [0.15, 0.2) is 36.5 Å². The van der Waals surface area contributed by atoms with Gasteiger partial charge in [-0.05, 0) is 19.1 Å². The van der Waals surface area contributed by atoms with Crippen molar-refractivity contribution in [1.82, 2.24) is 24.6 Å². The Balaban J connectivity index is 1.59. The van der Waals surface area contributed by atoms with E-state index in [1.54, 1.807) is 15.8 Å². The first kappa shape index (κ1) is 18.0. The van der Waals surface area contributed by atoms with Crippen LogP contribution in [0.2, 0.25) is 0 Å². The predicted octanol–water partition coefficient (Wildman–Crippen LogP) is 2.39. The normalized spacial score (nSPS) is 14.4. The van der Waals surface area contributed by atoms with Crippen LogP contribution in [-0.2, 0) is 11.8 Å². The second-order valence-electron chi connectivity index (χ2n) is 6.54. The van der Waals surface area contributed by atoms with Gasteiger partial charge in [0.05, 0.1) is 18.2 Å². The third kappa shape index (κ3) is 3.55. The molecular weight excluding hydrogens is 358 g/mol. The maximum Gasteiger partial charge on any atom is 0.409 e. The van der Waals surface area contributed by atoms with Crippen molar-refractivity contribution in [3.8, 4) is 0 Å². The lowest BCUT2D eigenvalue weighted by atomic mass is 10.3. The van der Waals surface area contributed by atoms with Gasteiger partial charge in [-0.15, -0.1) is 0 Å². The molecule has 0 saturated carbocycles. The van der Waals surface area contributed by atoms with Crippen molar-refractivity contribution < 1.29 is 9.53 Å². The minimum Gasteiger partial charge on any atom is -0.450 e. The largest absolute Gasteiger partial charge is 0.450 e. The molecule has 1 aliphatic heterocycles. The molecule has 0 atom stereocenters. The Labute approximate surface area is 162 Å². The monoisotopic (exact) mass is 381 g/mol. The Morgan fingerprint density at radius 1 is 1.14 bits per heavy atom. The molecule has 1 amide bonds. The summed E-state index contributed by atoms with van der Waals surface area (Å²) >= 11 is 0. The number of para-hydroxylation sites is 1. The first-order chi connectivity index (χ1) is 13.7. The molecule has 2 aromatic heterocycles. The van der Waals surface area contributed by atoms with E-state index < -0.39 is 0 Å². The number of piperazine rings is 1. The molecule has 0 spiro atoms. The van der Waals surface area contributed by atoms with E-state index in [9.17, 15) is 4.79 Å². The smallest absolute Gasteiger partial charge is 0.409 e. The zero-order chi connectivity index (χ0) is 19.5. The number of anilines is 3. The molecule has 0 aliphatic carbocycles. The Morgan fingerprint density at radius 2 is 1.89 bits per heavy atom. The van der Waals surface area contributed by atoms with E-state index in [2.05, 4.69) is 15.3 Å². The predicted molar refractivity (Wildman–Crippen MR) is 107 cm³/mol. The summed E-state index contributed by atoms with van der Waals surface area (Å²) in [4.78, 5) is 25.2. The van der Waals surface area contributed by atoms with Gasteiger partial charge in [0, 0.05) is 38.9 Å². The number of nitrogens with zero attached hydrogens (tertiary/aromatic N) is 6. The molecular formula is C19H23N7O2. The maximum absolute atomic E-state index is 11.9. The zero-order valence-electron chi connectivity index (χ0n) is 16.0. The van der Waals surface area contributed by atoms with Crippen molar-refractivity contribution in [2.75, 3.05) is 43.0 Å². The number of hydrogen-bond donors (Lipinski definition) is 1.